The van der Waals surface area contributed by atoms with Crippen molar-refractivity contribution in [3.63, 3.8) is 0 Å². The molecule has 0 saturated carbocycles. The van der Waals surface area contributed by atoms with E-state index in [0.717, 1.165) is 11.6 Å². The molecule has 1 aliphatic heterocycles. The van der Waals surface area contributed by atoms with Crippen molar-refractivity contribution in [2.45, 2.75) is 18.4 Å². The molecule has 23 heavy (non-hydrogen) atoms. The normalized spacial score (nSPS) is 20.7. The minimum Gasteiger partial charge on any atom is -0.358 e. The molecule has 0 unspecified atom stereocenters. The Morgan fingerprint density at radius 1 is 0.870 bits per heavy atom. The molecule has 0 N–H and O–H groups in total. The maximum atomic E-state index is 13.1. The van der Waals surface area contributed by atoms with Gasteiger partial charge in [-0.15, -0.1) is 0 Å². The average Bonchev–Trinajstić information content (AvgIpc) is 3.34. The summed E-state index contributed by atoms with van der Waals surface area (Å²) < 4.78 is 44.7. The van der Waals surface area contributed by atoms with Gasteiger partial charge in [0.15, 0.2) is 0 Å². The van der Waals surface area contributed by atoms with Crippen LogP contribution in [0.1, 0.15) is 29.0 Å². The highest BCUT2D eigenvalue weighted by Crippen LogP contribution is 2.53. The van der Waals surface area contributed by atoms with Gasteiger partial charge >= 0.3 is 6.18 Å². The predicted octanol–water partition coefficient (Wildman–Crippen LogP) is 4.46. The fraction of sp³-hybridized carbons (Fsp3) is 0.176. The first-order valence-corrected chi connectivity index (χ1v) is 7.07. The van der Waals surface area contributed by atoms with Crippen LogP contribution in [0, 0.1) is 0 Å². The highest BCUT2D eigenvalue weighted by Gasteiger charge is 2.47. The number of hydrogen-bond donors (Lipinski definition) is 0. The van der Waals surface area contributed by atoms with Gasteiger partial charge in [-0.25, -0.2) is 4.98 Å². The molecule has 0 amide bonds. The quantitative estimate of drug-likeness (QED) is 0.655. The van der Waals surface area contributed by atoms with Crippen LogP contribution in [0.5, 0.6) is 0 Å². The van der Waals surface area contributed by atoms with Crippen molar-refractivity contribution in [3.8, 4) is 0 Å². The maximum absolute atomic E-state index is 13.1. The van der Waals surface area contributed by atoms with Gasteiger partial charge < -0.3 is 4.74 Å². The Labute approximate surface area is 129 Å². The van der Waals surface area contributed by atoms with E-state index in [1.54, 1.807) is 12.3 Å². The first-order chi connectivity index (χ1) is 11.0. The Hall–Kier alpha value is -2.47. The van der Waals surface area contributed by atoms with Gasteiger partial charge in [-0.2, -0.15) is 13.2 Å². The van der Waals surface area contributed by atoms with Gasteiger partial charge in [-0.1, -0.05) is 30.3 Å². The fourth-order valence-electron chi connectivity index (χ4n) is 2.69. The van der Waals surface area contributed by atoms with Crippen LogP contribution in [-0.2, 0) is 10.9 Å². The molecule has 2 heterocycles. The van der Waals surface area contributed by atoms with Crippen LogP contribution in [-0.4, -0.2) is 9.97 Å². The van der Waals surface area contributed by atoms with Crippen molar-refractivity contribution in [2.24, 2.45) is 0 Å². The summed E-state index contributed by atoms with van der Waals surface area (Å²) in [5, 5.41) is 0. The van der Waals surface area contributed by atoms with Crippen molar-refractivity contribution >= 4 is 11.0 Å². The third-order valence-electron chi connectivity index (χ3n) is 3.82. The molecule has 116 valence electrons. The summed E-state index contributed by atoms with van der Waals surface area (Å²) in [4.78, 5) is 8.71. The number of rotatable bonds is 2. The molecule has 0 bridgehead atoms. The van der Waals surface area contributed by atoms with Gasteiger partial charge in [0, 0.05) is 0 Å². The lowest BCUT2D eigenvalue weighted by molar-refractivity contribution is -0.138. The monoisotopic (exact) mass is 316 g/mol. The SMILES string of the molecule is FC(F)(F)c1ccccc1[C@@H]1O[C@H]1c1cnc2ccccc2n1. The molecular weight excluding hydrogens is 305 g/mol. The number of alkyl halides is 3. The minimum atomic E-state index is -4.40. The molecule has 3 nitrogen and oxygen atoms in total. The first kappa shape index (κ1) is 14.1. The lowest BCUT2D eigenvalue weighted by atomic mass is 10.0. The molecule has 1 aliphatic rings. The van der Waals surface area contributed by atoms with Gasteiger partial charge in [0.1, 0.15) is 12.2 Å². The lowest BCUT2D eigenvalue weighted by Gasteiger charge is -2.10. The Balaban J connectivity index is 1.67. The summed E-state index contributed by atoms with van der Waals surface area (Å²) in [6, 6.07) is 12.8. The van der Waals surface area contributed by atoms with Gasteiger partial charge in [0.25, 0.3) is 0 Å². The van der Waals surface area contributed by atoms with E-state index >= 15 is 0 Å². The summed E-state index contributed by atoms with van der Waals surface area (Å²) in [6.45, 7) is 0. The van der Waals surface area contributed by atoms with Gasteiger partial charge in [0.2, 0.25) is 0 Å². The number of fused-ring (bicyclic) bond motifs is 1. The standard InChI is InChI=1S/C17H11F3N2O/c18-17(19,20)11-6-2-1-5-10(11)15-16(23-15)14-9-21-12-7-3-4-8-13(12)22-14/h1-9,15-16H/t15-,16-/m0/s1. The van der Waals surface area contributed by atoms with E-state index in [1.807, 2.05) is 24.3 Å². The third kappa shape index (κ3) is 2.55. The van der Waals surface area contributed by atoms with Gasteiger partial charge in [-0.3, -0.25) is 4.98 Å². The van der Waals surface area contributed by atoms with Crippen molar-refractivity contribution < 1.29 is 17.9 Å². The predicted molar refractivity (Wildman–Crippen MR) is 77.5 cm³/mol. The number of nitrogens with zero attached hydrogens (tertiary/aromatic N) is 2. The second kappa shape index (κ2) is 5.03. The van der Waals surface area contributed by atoms with Crippen LogP contribution >= 0.6 is 0 Å². The number of ether oxygens (including phenoxy) is 1. The number of para-hydroxylation sites is 2. The zero-order valence-corrected chi connectivity index (χ0v) is 11.8. The largest absolute Gasteiger partial charge is 0.416 e. The molecule has 2 aromatic carbocycles. The fourth-order valence-corrected chi connectivity index (χ4v) is 2.69. The molecule has 0 aliphatic carbocycles. The molecule has 1 aromatic heterocycles. The molecule has 0 spiro atoms. The number of epoxide rings is 1. The van der Waals surface area contributed by atoms with Crippen LogP contribution < -0.4 is 0 Å². The zero-order chi connectivity index (χ0) is 16.0. The van der Waals surface area contributed by atoms with Crippen molar-refractivity contribution in [3.05, 3.63) is 71.5 Å². The zero-order valence-electron chi connectivity index (χ0n) is 11.8. The van der Waals surface area contributed by atoms with E-state index in [2.05, 4.69) is 9.97 Å². The highest BCUT2D eigenvalue weighted by molar-refractivity contribution is 5.73. The third-order valence-corrected chi connectivity index (χ3v) is 3.82. The molecule has 0 radical (unpaired) electrons. The van der Waals surface area contributed by atoms with E-state index < -0.39 is 23.9 Å². The van der Waals surface area contributed by atoms with Crippen molar-refractivity contribution in [1.29, 1.82) is 0 Å². The Morgan fingerprint density at radius 3 is 2.35 bits per heavy atom. The van der Waals surface area contributed by atoms with Gasteiger partial charge in [0.05, 0.1) is 28.5 Å². The maximum Gasteiger partial charge on any atom is 0.416 e. The molecule has 4 rings (SSSR count). The topological polar surface area (TPSA) is 38.3 Å². The van der Waals surface area contributed by atoms with E-state index in [-0.39, 0.29) is 5.56 Å². The van der Waals surface area contributed by atoms with E-state index in [4.69, 9.17) is 4.74 Å². The number of benzene rings is 2. The Bertz CT molecular complexity index is 879. The van der Waals surface area contributed by atoms with Crippen LogP contribution in [0.15, 0.2) is 54.7 Å². The Morgan fingerprint density at radius 2 is 1.57 bits per heavy atom. The van der Waals surface area contributed by atoms with Crippen molar-refractivity contribution in [2.75, 3.05) is 0 Å². The second-order valence-corrected chi connectivity index (χ2v) is 5.35. The highest BCUT2D eigenvalue weighted by atomic mass is 19.4. The summed E-state index contributed by atoms with van der Waals surface area (Å²) in [6.07, 6.45) is -3.97. The van der Waals surface area contributed by atoms with Crippen LogP contribution in [0.25, 0.3) is 11.0 Å². The summed E-state index contributed by atoms with van der Waals surface area (Å²) in [5.41, 5.74) is 1.46. The summed E-state index contributed by atoms with van der Waals surface area (Å²) >= 11 is 0. The smallest absolute Gasteiger partial charge is 0.358 e. The summed E-state index contributed by atoms with van der Waals surface area (Å²) in [5.74, 6) is 0. The van der Waals surface area contributed by atoms with E-state index in [0.29, 0.717) is 11.2 Å². The molecule has 3 aromatic rings. The molecule has 1 saturated heterocycles. The van der Waals surface area contributed by atoms with Crippen molar-refractivity contribution in [1.82, 2.24) is 9.97 Å². The van der Waals surface area contributed by atoms with Gasteiger partial charge in [-0.05, 0) is 23.8 Å². The molecular formula is C17H11F3N2O. The molecule has 1 fully saturated rings. The summed E-state index contributed by atoms with van der Waals surface area (Å²) in [7, 11) is 0. The average molecular weight is 316 g/mol. The van der Waals surface area contributed by atoms with E-state index in [1.165, 1.54) is 12.1 Å². The molecule has 6 heteroatoms. The molecule has 2 atom stereocenters. The van der Waals surface area contributed by atoms with Crippen LogP contribution in [0.2, 0.25) is 0 Å². The Kier molecular flexibility index (Phi) is 3.09. The first-order valence-electron chi connectivity index (χ1n) is 7.07. The van der Waals surface area contributed by atoms with E-state index in [9.17, 15) is 13.2 Å². The number of halogens is 3. The number of aromatic nitrogens is 2. The number of hydrogen-bond acceptors (Lipinski definition) is 3. The lowest BCUT2D eigenvalue weighted by Crippen LogP contribution is -2.08. The second-order valence-electron chi connectivity index (χ2n) is 5.35. The van der Waals surface area contributed by atoms with Crippen LogP contribution in [0.3, 0.4) is 0 Å². The minimum absolute atomic E-state index is 0.139. The van der Waals surface area contributed by atoms with Crippen LogP contribution in [0.4, 0.5) is 13.2 Å².